The third kappa shape index (κ3) is 5.13. The molecule has 1 aliphatic carbocycles. The quantitative estimate of drug-likeness (QED) is 0.629. The SMILES string of the molecule is COCC(=O)N1c2ccc(C(=O)NC3CCCCC3N)cc2NC(=O)CC1c1ccc(C)cc1. The molecule has 8 heteroatoms. The molecule has 0 spiro atoms. The standard InChI is InChI=1S/C26H32N4O4/c1-16-7-9-17(10-8-16)23-14-24(31)28-21-13-18(11-12-22(21)30(23)25(32)15-34-2)26(33)29-20-6-4-3-5-19(20)27/h7-13,19-20,23H,3-6,14-15,27H2,1-2H3,(H,28,31)(H,29,33). The second-order valence-electron chi connectivity index (χ2n) is 9.14. The number of amides is 3. The van der Waals surface area contributed by atoms with Crippen LogP contribution in [0.4, 0.5) is 11.4 Å². The zero-order valence-corrected chi connectivity index (χ0v) is 19.7. The van der Waals surface area contributed by atoms with Crippen molar-refractivity contribution < 1.29 is 19.1 Å². The Morgan fingerprint density at radius 3 is 2.59 bits per heavy atom. The minimum absolute atomic E-state index is 0.0596. The minimum Gasteiger partial charge on any atom is -0.375 e. The Kier molecular flexibility index (Phi) is 7.29. The Balaban J connectivity index is 1.68. The lowest BCUT2D eigenvalue weighted by atomic mass is 9.91. The van der Waals surface area contributed by atoms with E-state index in [9.17, 15) is 14.4 Å². The second-order valence-corrected chi connectivity index (χ2v) is 9.14. The molecule has 2 aromatic carbocycles. The highest BCUT2D eigenvalue weighted by Gasteiger charge is 2.34. The molecule has 1 fully saturated rings. The molecule has 4 rings (SSSR count). The van der Waals surface area contributed by atoms with Gasteiger partial charge in [0.2, 0.25) is 5.91 Å². The number of rotatable bonds is 5. The number of nitrogens with one attached hydrogen (secondary N) is 2. The summed E-state index contributed by atoms with van der Waals surface area (Å²) < 4.78 is 5.13. The molecule has 2 aliphatic rings. The van der Waals surface area contributed by atoms with Gasteiger partial charge in [-0.25, -0.2) is 0 Å². The summed E-state index contributed by atoms with van der Waals surface area (Å²) in [5.41, 5.74) is 9.49. The van der Waals surface area contributed by atoms with Crippen LogP contribution in [-0.4, -0.2) is 43.5 Å². The van der Waals surface area contributed by atoms with Gasteiger partial charge in [0.15, 0.2) is 0 Å². The van der Waals surface area contributed by atoms with Gasteiger partial charge in [0.1, 0.15) is 6.61 Å². The van der Waals surface area contributed by atoms with Crippen LogP contribution in [0.15, 0.2) is 42.5 Å². The molecule has 3 atom stereocenters. The largest absolute Gasteiger partial charge is 0.375 e. The molecule has 1 aliphatic heterocycles. The number of hydrogen-bond acceptors (Lipinski definition) is 5. The number of aryl methyl sites for hydroxylation is 1. The highest BCUT2D eigenvalue weighted by molar-refractivity contribution is 6.07. The molecule has 2 aromatic rings. The van der Waals surface area contributed by atoms with Gasteiger partial charge in [-0.15, -0.1) is 0 Å². The van der Waals surface area contributed by atoms with Gasteiger partial charge in [-0.05, 0) is 43.5 Å². The highest BCUT2D eigenvalue weighted by atomic mass is 16.5. The number of benzene rings is 2. The van der Waals surface area contributed by atoms with E-state index in [1.165, 1.54) is 7.11 Å². The van der Waals surface area contributed by atoms with Gasteiger partial charge in [0.05, 0.1) is 23.8 Å². The van der Waals surface area contributed by atoms with Gasteiger partial charge in [0, 0.05) is 24.8 Å². The topological polar surface area (TPSA) is 114 Å². The van der Waals surface area contributed by atoms with Crippen molar-refractivity contribution in [1.29, 1.82) is 0 Å². The summed E-state index contributed by atoms with van der Waals surface area (Å²) in [6, 6.07) is 12.2. The molecule has 8 nitrogen and oxygen atoms in total. The molecule has 3 amide bonds. The first kappa shape index (κ1) is 23.9. The van der Waals surface area contributed by atoms with Crippen LogP contribution in [0.1, 0.15) is 59.6 Å². The van der Waals surface area contributed by atoms with Crippen LogP contribution in [-0.2, 0) is 14.3 Å². The predicted octanol–water partition coefficient (Wildman–Crippen LogP) is 3.06. The molecule has 1 saturated carbocycles. The van der Waals surface area contributed by atoms with Crippen LogP contribution in [0.5, 0.6) is 0 Å². The van der Waals surface area contributed by atoms with Crippen LogP contribution < -0.4 is 21.3 Å². The molecule has 180 valence electrons. The summed E-state index contributed by atoms with van der Waals surface area (Å²) in [6.45, 7) is 1.86. The van der Waals surface area contributed by atoms with Crippen molar-refractivity contribution in [2.24, 2.45) is 5.73 Å². The van der Waals surface area contributed by atoms with Gasteiger partial charge >= 0.3 is 0 Å². The average Bonchev–Trinajstić information content (AvgIpc) is 2.96. The molecule has 0 radical (unpaired) electrons. The van der Waals surface area contributed by atoms with E-state index in [1.54, 1.807) is 23.1 Å². The van der Waals surface area contributed by atoms with Crippen molar-refractivity contribution in [3.05, 3.63) is 59.2 Å². The van der Waals surface area contributed by atoms with Crippen molar-refractivity contribution in [1.82, 2.24) is 5.32 Å². The molecule has 0 bridgehead atoms. The van der Waals surface area contributed by atoms with Crippen molar-refractivity contribution in [2.45, 2.75) is 57.2 Å². The van der Waals surface area contributed by atoms with Gasteiger partial charge in [-0.1, -0.05) is 42.7 Å². The first-order valence-electron chi connectivity index (χ1n) is 11.7. The zero-order valence-electron chi connectivity index (χ0n) is 19.7. The van der Waals surface area contributed by atoms with Crippen molar-refractivity contribution in [2.75, 3.05) is 23.9 Å². The second kappa shape index (κ2) is 10.4. The first-order valence-corrected chi connectivity index (χ1v) is 11.7. The number of nitrogens with zero attached hydrogens (tertiary/aromatic N) is 1. The molecule has 0 aromatic heterocycles. The Hall–Kier alpha value is -3.23. The maximum Gasteiger partial charge on any atom is 0.253 e. The van der Waals surface area contributed by atoms with Crippen molar-refractivity contribution in [3.63, 3.8) is 0 Å². The lowest BCUT2D eigenvalue weighted by molar-refractivity contribution is -0.122. The van der Waals surface area contributed by atoms with E-state index in [0.29, 0.717) is 16.9 Å². The Morgan fingerprint density at radius 1 is 1.15 bits per heavy atom. The number of carbonyl (C=O) groups is 3. The smallest absolute Gasteiger partial charge is 0.253 e. The van der Waals surface area contributed by atoms with Crippen LogP contribution >= 0.6 is 0 Å². The lowest BCUT2D eigenvalue weighted by Crippen LogP contribution is -2.49. The molecular weight excluding hydrogens is 432 g/mol. The van der Waals surface area contributed by atoms with E-state index in [-0.39, 0.29) is 42.8 Å². The van der Waals surface area contributed by atoms with E-state index in [2.05, 4.69) is 10.6 Å². The number of fused-ring (bicyclic) bond motifs is 1. The van der Waals surface area contributed by atoms with Crippen LogP contribution in [0.3, 0.4) is 0 Å². The van der Waals surface area contributed by atoms with Crippen molar-refractivity contribution in [3.8, 4) is 0 Å². The molecule has 1 heterocycles. The molecule has 3 unspecified atom stereocenters. The van der Waals surface area contributed by atoms with E-state index in [1.807, 2.05) is 31.2 Å². The Bertz CT molecular complexity index is 1070. The summed E-state index contributed by atoms with van der Waals surface area (Å²) >= 11 is 0. The zero-order chi connectivity index (χ0) is 24.2. The summed E-state index contributed by atoms with van der Waals surface area (Å²) in [4.78, 5) is 40.6. The third-order valence-electron chi connectivity index (χ3n) is 6.62. The Morgan fingerprint density at radius 2 is 1.88 bits per heavy atom. The number of ether oxygens (including phenoxy) is 1. The molecule has 0 saturated heterocycles. The minimum atomic E-state index is -0.496. The van der Waals surface area contributed by atoms with E-state index >= 15 is 0 Å². The summed E-state index contributed by atoms with van der Waals surface area (Å²) in [7, 11) is 1.46. The summed E-state index contributed by atoms with van der Waals surface area (Å²) in [5, 5.41) is 5.93. The number of carbonyl (C=O) groups excluding carboxylic acids is 3. The lowest BCUT2D eigenvalue weighted by Gasteiger charge is -2.31. The maximum absolute atomic E-state index is 13.2. The van der Waals surface area contributed by atoms with Crippen molar-refractivity contribution >= 4 is 29.1 Å². The van der Waals surface area contributed by atoms with Gasteiger partial charge in [-0.3, -0.25) is 14.4 Å². The first-order chi connectivity index (χ1) is 16.4. The normalized spacial score (nSPS) is 22.4. The fourth-order valence-corrected chi connectivity index (χ4v) is 4.77. The number of anilines is 2. The van der Waals surface area contributed by atoms with E-state index < -0.39 is 6.04 Å². The number of nitrogens with two attached hydrogens (primary N) is 1. The Labute approximate surface area is 199 Å². The third-order valence-corrected chi connectivity index (χ3v) is 6.62. The highest BCUT2D eigenvalue weighted by Crippen LogP contribution is 2.39. The average molecular weight is 465 g/mol. The number of hydrogen-bond donors (Lipinski definition) is 3. The fraction of sp³-hybridized carbons (Fsp3) is 0.423. The monoisotopic (exact) mass is 464 g/mol. The van der Waals surface area contributed by atoms with Gasteiger partial charge < -0.3 is 26.0 Å². The fourth-order valence-electron chi connectivity index (χ4n) is 4.77. The van der Waals surface area contributed by atoms with Crippen LogP contribution in [0.25, 0.3) is 0 Å². The van der Waals surface area contributed by atoms with E-state index in [4.69, 9.17) is 10.5 Å². The summed E-state index contributed by atoms with van der Waals surface area (Å²) in [6.07, 6.45) is 3.95. The maximum atomic E-state index is 13.2. The van der Waals surface area contributed by atoms with Crippen LogP contribution in [0.2, 0.25) is 0 Å². The molecule has 4 N–H and O–H groups in total. The predicted molar refractivity (Wildman–Crippen MR) is 131 cm³/mol. The van der Waals surface area contributed by atoms with E-state index in [0.717, 1.165) is 36.8 Å². The molecular formula is C26H32N4O4. The van der Waals surface area contributed by atoms with Gasteiger partial charge in [0.25, 0.3) is 11.8 Å². The summed E-state index contributed by atoms with van der Waals surface area (Å²) in [5.74, 6) is -0.740. The van der Waals surface area contributed by atoms with Crippen LogP contribution in [0, 0.1) is 6.92 Å². The molecule has 34 heavy (non-hydrogen) atoms. The van der Waals surface area contributed by atoms with Gasteiger partial charge in [-0.2, -0.15) is 0 Å². The number of methoxy groups -OCH3 is 1.